The van der Waals surface area contributed by atoms with Crippen molar-refractivity contribution >= 4 is 0 Å². The zero-order valence-electron chi connectivity index (χ0n) is 8.53. The van der Waals surface area contributed by atoms with Crippen molar-refractivity contribution in [2.45, 2.75) is 25.4 Å². The molecule has 1 saturated heterocycles. The molecule has 0 bridgehead atoms. The molecule has 0 aromatic heterocycles. The lowest BCUT2D eigenvalue weighted by molar-refractivity contribution is 0.118. The zero-order chi connectivity index (χ0) is 9.97. The van der Waals surface area contributed by atoms with E-state index < -0.39 is 0 Å². The van der Waals surface area contributed by atoms with Gasteiger partial charge in [0.2, 0.25) is 0 Å². The van der Waals surface area contributed by atoms with E-state index in [0.29, 0.717) is 5.92 Å². The minimum Gasteiger partial charge on any atom is -0.391 e. The Morgan fingerprint density at radius 2 is 2.29 bits per heavy atom. The van der Waals surface area contributed by atoms with Gasteiger partial charge in [-0.05, 0) is 25.5 Å². The Hall–Kier alpha value is -0.860. The van der Waals surface area contributed by atoms with E-state index in [1.165, 1.54) is 11.1 Å². The minimum atomic E-state index is -0.231. The molecule has 2 atom stereocenters. The first kappa shape index (κ1) is 9.69. The lowest BCUT2D eigenvalue weighted by atomic mass is 9.87. The predicted octanol–water partition coefficient (Wildman–Crippen LogP) is 1.43. The molecule has 1 aromatic carbocycles. The molecular formula is C12H17NO. The van der Waals surface area contributed by atoms with Gasteiger partial charge in [-0.3, -0.25) is 0 Å². The van der Waals surface area contributed by atoms with Gasteiger partial charge in [0.1, 0.15) is 0 Å². The third-order valence-corrected chi connectivity index (χ3v) is 2.92. The van der Waals surface area contributed by atoms with Crippen LogP contribution in [-0.4, -0.2) is 24.3 Å². The molecule has 76 valence electrons. The molecule has 0 saturated carbocycles. The summed E-state index contributed by atoms with van der Waals surface area (Å²) in [4.78, 5) is 0. The zero-order valence-corrected chi connectivity index (χ0v) is 8.53. The second-order valence-electron chi connectivity index (χ2n) is 4.08. The van der Waals surface area contributed by atoms with Gasteiger partial charge in [0.25, 0.3) is 0 Å². The number of hydrogen-bond acceptors (Lipinski definition) is 2. The normalized spacial score (nSPS) is 27.6. The van der Waals surface area contributed by atoms with Crippen LogP contribution >= 0.6 is 0 Å². The SMILES string of the molecule is Cc1cccc(C2CCNCC2O)c1. The van der Waals surface area contributed by atoms with Crippen LogP contribution in [0.25, 0.3) is 0 Å². The van der Waals surface area contributed by atoms with Crippen LogP contribution < -0.4 is 5.32 Å². The second-order valence-corrected chi connectivity index (χ2v) is 4.08. The van der Waals surface area contributed by atoms with Gasteiger partial charge in [-0.1, -0.05) is 29.8 Å². The van der Waals surface area contributed by atoms with Crippen molar-refractivity contribution in [3.8, 4) is 0 Å². The summed E-state index contributed by atoms with van der Waals surface area (Å²) in [6.45, 7) is 3.82. The molecule has 0 spiro atoms. The van der Waals surface area contributed by atoms with Crippen LogP contribution in [0.15, 0.2) is 24.3 Å². The van der Waals surface area contributed by atoms with Crippen LogP contribution in [0.4, 0.5) is 0 Å². The number of benzene rings is 1. The maximum Gasteiger partial charge on any atom is 0.0733 e. The molecule has 2 rings (SSSR count). The molecule has 14 heavy (non-hydrogen) atoms. The van der Waals surface area contributed by atoms with E-state index in [2.05, 4.69) is 36.5 Å². The standard InChI is InChI=1S/C12H17NO/c1-9-3-2-4-10(7-9)11-5-6-13-8-12(11)14/h2-4,7,11-14H,5-6,8H2,1H3. The molecule has 1 aliphatic rings. The third-order valence-electron chi connectivity index (χ3n) is 2.92. The number of aryl methyl sites for hydroxylation is 1. The highest BCUT2D eigenvalue weighted by molar-refractivity contribution is 5.26. The lowest BCUT2D eigenvalue weighted by Crippen LogP contribution is -2.39. The molecular weight excluding hydrogens is 174 g/mol. The van der Waals surface area contributed by atoms with Crippen molar-refractivity contribution in [3.05, 3.63) is 35.4 Å². The fourth-order valence-electron chi connectivity index (χ4n) is 2.13. The number of aliphatic hydroxyl groups excluding tert-OH is 1. The lowest BCUT2D eigenvalue weighted by Gasteiger charge is -2.28. The molecule has 0 aliphatic carbocycles. The molecule has 1 fully saturated rings. The maximum absolute atomic E-state index is 9.85. The summed E-state index contributed by atoms with van der Waals surface area (Å²) >= 11 is 0. The van der Waals surface area contributed by atoms with E-state index in [1.807, 2.05) is 0 Å². The van der Waals surface area contributed by atoms with Gasteiger partial charge in [-0.15, -0.1) is 0 Å². The fraction of sp³-hybridized carbons (Fsp3) is 0.500. The van der Waals surface area contributed by atoms with Crippen molar-refractivity contribution in [1.82, 2.24) is 5.32 Å². The Labute approximate surface area is 85.0 Å². The number of nitrogens with one attached hydrogen (secondary N) is 1. The minimum absolute atomic E-state index is 0.231. The Morgan fingerprint density at radius 3 is 3.00 bits per heavy atom. The van der Waals surface area contributed by atoms with Gasteiger partial charge >= 0.3 is 0 Å². The van der Waals surface area contributed by atoms with Crippen LogP contribution in [0.3, 0.4) is 0 Å². The molecule has 0 amide bonds. The molecule has 2 heteroatoms. The Balaban J connectivity index is 2.20. The highest BCUT2D eigenvalue weighted by atomic mass is 16.3. The van der Waals surface area contributed by atoms with Crippen LogP contribution in [0.1, 0.15) is 23.5 Å². The van der Waals surface area contributed by atoms with Crippen LogP contribution in [0, 0.1) is 6.92 Å². The number of β-amino-alcohol motifs (C(OH)–C–C–N with tert-alkyl or cyclic N) is 1. The van der Waals surface area contributed by atoms with Crippen molar-refractivity contribution in [2.75, 3.05) is 13.1 Å². The van der Waals surface area contributed by atoms with Crippen LogP contribution in [0.2, 0.25) is 0 Å². The monoisotopic (exact) mass is 191 g/mol. The predicted molar refractivity (Wildman–Crippen MR) is 57.4 cm³/mol. The van der Waals surface area contributed by atoms with Crippen LogP contribution in [0.5, 0.6) is 0 Å². The van der Waals surface area contributed by atoms with Crippen molar-refractivity contribution in [3.63, 3.8) is 0 Å². The largest absolute Gasteiger partial charge is 0.391 e. The summed E-state index contributed by atoms with van der Waals surface area (Å²) in [5, 5.41) is 13.0. The number of piperidine rings is 1. The van der Waals surface area contributed by atoms with Crippen molar-refractivity contribution < 1.29 is 5.11 Å². The number of rotatable bonds is 1. The van der Waals surface area contributed by atoms with E-state index >= 15 is 0 Å². The quantitative estimate of drug-likeness (QED) is 0.704. The maximum atomic E-state index is 9.85. The van der Waals surface area contributed by atoms with Gasteiger partial charge in [0.15, 0.2) is 0 Å². The summed E-state index contributed by atoms with van der Waals surface area (Å²) in [5.74, 6) is 0.316. The second kappa shape index (κ2) is 4.11. The first-order valence-electron chi connectivity index (χ1n) is 5.23. The molecule has 2 nitrogen and oxygen atoms in total. The summed E-state index contributed by atoms with van der Waals surface area (Å²) in [7, 11) is 0. The Bertz CT molecular complexity index is 311. The molecule has 0 radical (unpaired) electrons. The smallest absolute Gasteiger partial charge is 0.0733 e. The van der Waals surface area contributed by atoms with E-state index in [9.17, 15) is 5.11 Å². The van der Waals surface area contributed by atoms with Crippen LogP contribution in [-0.2, 0) is 0 Å². The average molecular weight is 191 g/mol. The summed E-state index contributed by atoms with van der Waals surface area (Å²) in [6.07, 6.45) is 0.801. The molecule has 2 N–H and O–H groups in total. The summed E-state index contributed by atoms with van der Waals surface area (Å²) in [5.41, 5.74) is 2.55. The summed E-state index contributed by atoms with van der Waals surface area (Å²) < 4.78 is 0. The van der Waals surface area contributed by atoms with Crippen molar-refractivity contribution in [2.24, 2.45) is 0 Å². The highest BCUT2D eigenvalue weighted by Crippen LogP contribution is 2.25. The summed E-state index contributed by atoms with van der Waals surface area (Å²) in [6, 6.07) is 8.46. The number of hydrogen-bond donors (Lipinski definition) is 2. The Morgan fingerprint density at radius 1 is 1.43 bits per heavy atom. The van der Waals surface area contributed by atoms with E-state index in [0.717, 1.165) is 19.5 Å². The molecule has 2 unspecified atom stereocenters. The average Bonchev–Trinajstić information content (AvgIpc) is 2.18. The van der Waals surface area contributed by atoms with Gasteiger partial charge < -0.3 is 10.4 Å². The van der Waals surface area contributed by atoms with Gasteiger partial charge in [0.05, 0.1) is 6.10 Å². The van der Waals surface area contributed by atoms with Gasteiger partial charge in [-0.25, -0.2) is 0 Å². The Kier molecular flexibility index (Phi) is 2.85. The van der Waals surface area contributed by atoms with E-state index in [-0.39, 0.29) is 6.10 Å². The van der Waals surface area contributed by atoms with Gasteiger partial charge in [0, 0.05) is 12.5 Å². The fourth-order valence-corrected chi connectivity index (χ4v) is 2.13. The topological polar surface area (TPSA) is 32.3 Å². The van der Waals surface area contributed by atoms with E-state index in [1.54, 1.807) is 0 Å². The van der Waals surface area contributed by atoms with Crippen molar-refractivity contribution in [1.29, 1.82) is 0 Å². The van der Waals surface area contributed by atoms with E-state index in [4.69, 9.17) is 0 Å². The molecule has 1 aliphatic heterocycles. The van der Waals surface area contributed by atoms with Gasteiger partial charge in [-0.2, -0.15) is 0 Å². The first-order chi connectivity index (χ1) is 6.77. The molecule has 1 aromatic rings. The number of aliphatic hydroxyl groups is 1. The first-order valence-corrected chi connectivity index (χ1v) is 5.23. The highest BCUT2D eigenvalue weighted by Gasteiger charge is 2.23. The third kappa shape index (κ3) is 1.97. The molecule has 1 heterocycles.